The molecule has 1 N–H and O–H groups in total. The van der Waals surface area contributed by atoms with Crippen LogP contribution in [0, 0.1) is 11.3 Å². The van der Waals surface area contributed by atoms with Crippen LogP contribution in [0.2, 0.25) is 0 Å². The van der Waals surface area contributed by atoms with Gasteiger partial charge in [-0.3, -0.25) is 4.79 Å². The molecule has 0 bridgehead atoms. The minimum atomic E-state index is -0.133. The van der Waals surface area contributed by atoms with Gasteiger partial charge in [-0.2, -0.15) is 5.26 Å². The summed E-state index contributed by atoms with van der Waals surface area (Å²) in [6.45, 7) is 0.415. The standard InChI is InChI=1S/C9H8N4O/c10-3-5-13-6-8(14)12-9-7(13)2-1-4-11-9/h1-2,4H,5-6H2,(H,11,12,14). The number of amides is 1. The van der Waals surface area contributed by atoms with Crippen molar-refractivity contribution in [1.29, 1.82) is 5.26 Å². The van der Waals surface area contributed by atoms with E-state index in [2.05, 4.69) is 10.3 Å². The molecule has 14 heavy (non-hydrogen) atoms. The molecule has 0 unspecified atom stereocenters. The van der Waals surface area contributed by atoms with E-state index < -0.39 is 0 Å². The van der Waals surface area contributed by atoms with Gasteiger partial charge in [-0.1, -0.05) is 0 Å². The molecule has 70 valence electrons. The molecule has 0 fully saturated rings. The fraction of sp³-hybridized carbons (Fsp3) is 0.222. The molecule has 2 rings (SSSR count). The van der Waals surface area contributed by atoms with Gasteiger partial charge < -0.3 is 10.2 Å². The highest BCUT2D eigenvalue weighted by Crippen LogP contribution is 2.25. The first-order chi connectivity index (χ1) is 6.81. The molecular formula is C9H8N4O. The number of nitriles is 1. The molecule has 1 aliphatic heterocycles. The highest BCUT2D eigenvalue weighted by atomic mass is 16.2. The Kier molecular flexibility index (Phi) is 2.03. The molecule has 1 amide bonds. The summed E-state index contributed by atoms with van der Waals surface area (Å²) >= 11 is 0. The Morgan fingerprint density at radius 3 is 3.36 bits per heavy atom. The van der Waals surface area contributed by atoms with Crippen molar-refractivity contribution in [3.63, 3.8) is 0 Å². The average Bonchev–Trinajstić information content (AvgIpc) is 2.18. The average molecular weight is 188 g/mol. The normalized spacial score (nSPS) is 14.2. The number of anilines is 2. The van der Waals surface area contributed by atoms with Crippen molar-refractivity contribution in [1.82, 2.24) is 4.98 Å². The smallest absolute Gasteiger partial charge is 0.245 e. The highest BCUT2D eigenvalue weighted by molar-refractivity contribution is 5.99. The van der Waals surface area contributed by atoms with E-state index >= 15 is 0 Å². The molecule has 2 heterocycles. The second kappa shape index (κ2) is 3.34. The van der Waals surface area contributed by atoms with Gasteiger partial charge >= 0.3 is 0 Å². The van der Waals surface area contributed by atoms with Gasteiger partial charge in [0.25, 0.3) is 0 Å². The number of nitrogens with one attached hydrogen (secondary N) is 1. The molecule has 1 aliphatic rings. The first-order valence-electron chi connectivity index (χ1n) is 4.18. The van der Waals surface area contributed by atoms with Crippen LogP contribution in [0.5, 0.6) is 0 Å². The van der Waals surface area contributed by atoms with Crippen molar-refractivity contribution >= 4 is 17.4 Å². The summed E-state index contributed by atoms with van der Waals surface area (Å²) in [4.78, 5) is 16.9. The summed E-state index contributed by atoms with van der Waals surface area (Å²) in [7, 11) is 0. The topological polar surface area (TPSA) is 69.0 Å². The minimum absolute atomic E-state index is 0.133. The van der Waals surface area contributed by atoms with Crippen LogP contribution in [0.1, 0.15) is 0 Å². The zero-order valence-corrected chi connectivity index (χ0v) is 7.40. The Labute approximate surface area is 81.0 Å². The van der Waals surface area contributed by atoms with Crippen LogP contribution < -0.4 is 10.2 Å². The van der Waals surface area contributed by atoms with Crippen LogP contribution in [-0.2, 0) is 4.79 Å². The largest absolute Gasteiger partial charge is 0.346 e. The van der Waals surface area contributed by atoms with Crippen molar-refractivity contribution < 1.29 is 4.79 Å². The van der Waals surface area contributed by atoms with Crippen LogP contribution in [0.4, 0.5) is 11.5 Å². The van der Waals surface area contributed by atoms with Crippen molar-refractivity contribution in [3.05, 3.63) is 18.3 Å². The number of aromatic nitrogens is 1. The number of carbonyl (C=O) groups is 1. The molecule has 1 aromatic heterocycles. The van der Waals surface area contributed by atoms with Crippen molar-refractivity contribution in [2.24, 2.45) is 0 Å². The molecular weight excluding hydrogens is 180 g/mol. The third-order valence-electron chi connectivity index (χ3n) is 1.98. The molecule has 0 saturated carbocycles. The number of hydrogen-bond acceptors (Lipinski definition) is 4. The van der Waals surface area contributed by atoms with Gasteiger partial charge in [-0.25, -0.2) is 4.98 Å². The predicted molar refractivity (Wildman–Crippen MR) is 50.7 cm³/mol. The lowest BCUT2D eigenvalue weighted by Gasteiger charge is -2.27. The Morgan fingerprint density at radius 1 is 1.71 bits per heavy atom. The van der Waals surface area contributed by atoms with Crippen LogP contribution in [0.3, 0.4) is 0 Å². The van der Waals surface area contributed by atoms with Crippen LogP contribution >= 0.6 is 0 Å². The SMILES string of the molecule is N#CCN1CC(=O)Nc2ncccc21. The molecule has 0 spiro atoms. The van der Waals surface area contributed by atoms with E-state index in [-0.39, 0.29) is 19.0 Å². The van der Waals surface area contributed by atoms with Crippen molar-refractivity contribution in [3.8, 4) is 6.07 Å². The Balaban J connectivity index is 2.39. The summed E-state index contributed by atoms with van der Waals surface area (Å²) in [5.74, 6) is 0.394. The lowest BCUT2D eigenvalue weighted by molar-refractivity contribution is -0.115. The Bertz CT molecular complexity index is 410. The molecule has 5 heteroatoms. The summed E-state index contributed by atoms with van der Waals surface area (Å²) in [6, 6.07) is 5.63. The second-order valence-corrected chi connectivity index (χ2v) is 2.93. The van der Waals surface area contributed by atoms with E-state index in [1.165, 1.54) is 0 Å². The van der Waals surface area contributed by atoms with E-state index in [0.717, 1.165) is 5.69 Å². The lowest BCUT2D eigenvalue weighted by Crippen LogP contribution is -2.38. The van der Waals surface area contributed by atoms with Gasteiger partial charge in [0.2, 0.25) is 5.91 Å². The molecule has 0 atom stereocenters. The van der Waals surface area contributed by atoms with Gasteiger partial charge in [-0.05, 0) is 12.1 Å². The summed E-state index contributed by atoms with van der Waals surface area (Å²) in [5, 5.41) is 11.2. The quantitative estimate of drug-likeness (QED) is 0.646. The number of hydrogen-bond donors (Lipinski definition) is 1. The van der Waals surface area contributed by atoms with Gasteiger partial charge in [0.1, 0.15) is 6.54 Å². The highest BCUT2D eigenvalue weighted by Gasteiger charge is 2.21. The zero-order valence-electron chi connectivity index (χ0n) is 7.40. The predicted octanol–water partition coefficient (Wildman–Crippen LogP) is 0.364. The maximum Gasteiger partial charge on any atom is 0.245 e. The van der Waals surface area contributed by atoms with Crippen molar-refractivity contribution in [2.45, 2.75) is 0 Å². The van der Waals surface area contributed by atoms with E-state index in [1.807, 2.05) is 12.1 Å². The van der Waals surface area contributed by atoms with Crippen molar-refractivity contribution in [2.75, 3.05) is 23.3 Å². The van der Waals surface area contributed by atoms with Crippen LogP contribution in [-0.4, -0.2) is 24.0 Å². The minimum Gasteiger partial charge on any atom is -0.346 e. The molecule has 1 aromatic rings. The third kappa shape index (κ3) is 1.38. The van der Waals surface area contributed by atoms with E-state index in [4.69, 9.17) is 5.26 Å². The summed E-state index contributed by atoms with van der Waals surface area (Å²) < 4.78 is 0. The van der Waals surface area contributed by atoms with E-state index in [1.54, 1.807) is 17.2 Å². The fourth-order valence-corrected chi connectivity index (χ4v) is 1.40. The van der Waals surface area contributed by atoms with Crippen LogP contribution in [0.15, 0.2) is 18.3 Å². The van der Waals surface area contributed by atoms with Gasteiger partial charge in [0.05, 0.1) is 18.3 Å². The van der Waals surface area contributed by atoms with E-state index in [9.17, 15) is 4.79 Å². The van der Waals surface area contributed by atoms with Gasteiger partial charge in [0.15, 0.2) is 5.82 Å². The third-order valence-corrected chi connectivity index (χ3v) is 1.98. The second-order valence-electron chi connectivity index (χ2n) is 2.93. The number of pyridine rings is 1. The maximum absolute atomic E-state index is 11.2. The summed E-state index contributed by atoms with van der Waals surface area (Å²) in [5.41, 5.74) is 0.800. The van der Waals surface area contributed by atoms with Gasteiger partial charge in [0, 0.05) is 6.20 Å². The number of fused-ring (bicyclic) bond motifs is 1. The molecule has 0 saturated heterocycles. The molecule has 0 radical (unpaired) electrons. The molecule has 0 aromatic carbocycles. The van der Waals surface area contributed by atoms with Gasteiger partial charge in [-0.15, -0.1) is 0 Å². The number of nitrogens with zero attached hydrogens (tertiary/aromatic N) is 3. The number of carbonyl (C=O) groups excluding carboxylic acids is 1. The molecule has 5 nitrogen and oxygen atoms in total. The summed E-state index contributed by atoms with van der Waals surface area (Å²) in [6.07, 6.45) is 1.61. The Morgan fingerprint density at radius 2 is 2.57 bits per heavy atom. The Hall–Kier alpha value is -2.09. The fourth-order valence-electron chi connectivity index (χ4n) is 1.40. The lowest BCUT2D eigenvalue weighted by atomic mass is 10.2. The first-order valence-corrected chi connectivity index (χ1v) is 4.18. The molecule has 0 aliphatic carbocycles. The maximum atomic E-state index is 11.2. The first kappa shape index (κ1) is 8.51. The monoisotopic (exact) mass is 188 g/mol. The zero-order chi connectivity index (χ0) is 9.97. The van der Waals surface area contributed by atoms with Crippen LogP contribution in [0.25, 0.3) is 0 Å². The van der Waals surface area contributed by atoms with E-state index in [0.29, 0.717) is 5.82 Å². The number of rotatable bonds is 1.